The molecular weight excluding hydrogens is 741 g/mol. The summed E-state index contributed by atoms with van der Waals surface area (Å²) in [6.45, 7) is 3.86. The van der Waals surface area contributed by atoms with E-state index in [9.17, 15) is 19.0 Å². The first-order chi connectivity index (χ1) is 27.7. The Bertz CT molecular complexity index is 1050. The summed E-state index contributed by atoms with van der Waals surface area (Å²) in [5.74, 6) is -1.78. The van der Waals surface area contributed by atoms with Gasteiger partial charge in [-0.25, -0.2) is 4.57 Å². The average molecular weight is 828 g/mol. The van der Waals surface area contributed by atoms with Gasteiger partial charge in [0.1, 0.15) is 12.1 Å². The van der Waals surface area contributed by atoms with E-state index in [0.717, 1.165) is 51.4 Å². The number of hydrogen-bond donors (Lipinski definition) is 3. The van der Waals surface area contributed by atoms with Crippen molar-refractivity contribution in [3.05, 3.63) is 36.5 Å². The van der Waals surface area contributed by atoms with Crippen LogP contribution in [0.15, 0.2) is 36.5 Å². The normalized spacial score (nSPS) is 14.2. The Balaban J connectivity index is 4.18. The molecule has 0 spiro atoms. The first-order valence-corrected chi connectivity index (χ1v) is 24.5. The van der Waals surface area contributed by atoms with Crippen LogP contribution in [0.25, 0.3) is 0 Å². The van der Waals surface area contributed by atoms with Crippen LogP contribution in [0.5, 0.6) is 0 Å². The predicted molar refractivity (Wildman–Crippen MR) is 235 cm³/mol. The zero-order valence-electron chi connectivity index (χ0n) is 36.4. The van der Waals surface area contributed by atoms with Crippen LogP contribution in [0.2, 0.25) is 0 Å². The van der Waals surface area contributed by atoms with Crippen LogP contribution in [0.3, 0.4) is 0 Å². The van der Waals surface area contributed by atoms with E-state index < -0.39 is 45.1 Å². The highest BCUT2D eigenvalue weighted by atomic mass is 31.2. The molecule has 10 nitrogen and oxygen atoms in total. The Labute approximate surface area is 348 Å². The molecule has 0 radical (unpaired) electrons. The van der Waals surface area contributed by atoms with Crippen LogP contribution in [-0.2, 0) is 32.7 Å². The largest absolute Gasteiger partial charge is 0.480 e. The van der Waals surface area contributed by atoms with Gasteiger partial charge in [-0.15, -0.1) is 0 Å². The second-order valence-corrected chi connectivity index (χ2v) is 17.0. The molecule has 0 rings (SSSR count). The molecular formula is C46H86NO9P. The quantitative estimate of drug-likeness (QED) is 0.0234. The number of aliphatic carboxylic acids is 1. The molecule has 57 heavy (non-hydrogen) atoms. The summed E-state index contributed by atoms with van der Waals surface area (Å²) in [4.78, 5) is 33.5. The Kier molecular flexibility index (Phi) is 41.0. The lowest BCUT2D eigenvalue weighted by Gasteiger charge is -2.20. The summed E-state index contributed by atoms with van der Waals surface area (Å²) in [7, 11) is -4.62. The molecule has 334 valence electrons. The smallest absolute Gasteiger partial charge is 0.472 e. The highest BCUT2D eigenvalue weighted by Crippen LogP contribution is 2.43. The van der Waals surface area contributed by atoms with Gasteiger partial charge < -0.3 is 25.2 Å². The molecule has 0 heterocycles. The van der Waals surface area contributed by atoms with E-state index in [0.29, 0.717) is 13.0 Å². The minimum absolute atomic E-state index is 0.0125. The van der Waals surface area contributed by atoms with Crippen LogP contribution in [0, 0.1) is 0 Å². The lowest BCUT2D eigenvalue weighted by molar-refractivity contribution is -0.154. The number of phosphoric acid groups is 1. The molecule has 0 saturated carbocycles. The van der Waals surface area contributed by atoms with Crippen molar-refractivity contribution in [3.63, 3.8) is 0 Å². The zero-order chi connectivity index (χ0) is 41.9. The van der Waals surface area contributed by atoms with Crippen molar-refractivity contribution in [1.82, 2.24) is 0 Å². The Morgan fingerprint density at radius 1 is 0.561 bits per heavy atom. The molecule has 0 amide bonds. The van der Waals surface area contributed by atoms with Gasteiger partial charge >= 0.3 is 19.8 Å². The molecule has 3 atom stereocenters. The molecule has 0 aromatic rings. The number of unbranched alkanes of at least 4 members (excludes halogenated alkanes) is 24. The number of nitrogens with two attached hydrogens (primary N) is 1. The molecule has 3 unspecified atom stereocenters. The number of carboxylic acid groups (broad SMARTS) is 1. The predicted octanol–water partition coefficient (Wildman–Crippen LogP) is 12.9. The van der Waals surface area contributed by atoms with E-state index in [1.807, 2.05) is 0 Å². The van der Waals surface area contributed by atoms with Crippen molar-refractivity contribution in [2.75, 3.05) is 26.4 Å². The summed E-state index contributed by atoms with van der Waals surface area (Å²) in [6, 6.07) is -1.47. The maximum Gasteiger partial charge on any atom is 0.472 e. The zero-order valence-corrected chi connectivity index (χ0v) is 37.3. The second-order valence-electron chi connectivity index (χ2n) is 15.5. The maximum atomic E-state index is 12.6. The third kappa shape index (κ3) is 42.1. The minimum Gasteiger partial charge on any atom is -0.480 e. The molecule has 0 saturated heterocycles. The number of ether oxygens (including phenoxy) is 2. The number of phosphoric ester groups is 1. The van der Waals surface area contributed by atoms with Gasteiger partial charge in [-0.05, 0) is 51.4 Å². The number of carbonyl (C=O) groups excluding carboxylic acids is 1. The van der Waals surface area contributed by atoms with Crippen molar-refractivity contribution in [2.45, 2.75) is 219 Å². The number of carbonyl (C=O) groups is 2. The van der Waals surface area contributed by atoms with E-state index in [2.05, 4.69) is 50.3 Å². The lowest BCUT2D eigenvalue weighted by atomic mass is 10.0. The van der Waals surface area contributed by atoms with Crippen LogP contribution >= 0.6 is 7.82 Å². The first-order valence-electron chi connectivity index (χ1n) is 23.0. The van der Waals surface area contributed by atoms with Gasteiger partial charge in [0.25, 0.3) is 0 Å². The summed E-state index contributed by atoms with van der Waals surface area (Å²) >= 11 is 0. The molecule has 0 aliphatic carbocycles. The van der Waals surface area contributed by atoms with Gasteiger partial charge in [-0.2, -0.15) is 0 Å². The molecule has 11 heteroatoms. The maximum absolute atomic E-state index is 12.6. The van der Waals surface area contributed by atoms with Gasteiger partial charge in [0, 0.05) is 13.0 Å². The molecule has 0 bridgehead atoms. The number of allylic oxidation sites excluding steroid dienone is 6. The summed E-state index contributed by atoms with van der Waals surface area (Å²) in [5.41, 5.74) is 5.36. The number of rotatable bonds is 44. The van der Waals surface area contributed by atoms with Gasteiger partial charge in [-0.1, -0.05) is 185 Å². The highest BCUT2D eigenvalue weighted by Gasteiger charge is 2.27. The molecule has 0 fully saturated rings. The fraction of sp³-hybridized carbons (Fsp3) is 0.826. The Morgan fingerprint density at radius 2 is 0.965 bits per heavy atom. The summed E-state index contributed by atoms with van der Waals surface area (Å²) < 4.78 is 33.4. The van der Waals surface area contributed by atoms with E-state index in [1.54, 1.807) is 0 Å². The van der Waals surface area contributed by atoms with Crippen LogP contribution in [0.1, 0.15) is 206 Å². The SMILES string of the molecule is CCCCCCC/C=C\C/C=C\C/C=C\CCCCCCCCCOCC(COP(=O)(O)OCC(N)C(=O)O)OC(=O)CCCCCCCCCCCCCCC. The van der Waals surface area contributed by atoms with Crippen molar-refractivity contribution >= 4 is 19.8 Å². The molecule has 0 aliphatic rings. The fourth-order valence-corrected chi connectivity index (χ4v) is 7.10. The van der Waals surface area contributed by atoms with Crippen LogP contribution < -0.4 is 5.73 Å². The van der Waals surface area contributed by atoms with Crippen molar-refractivity contribution < 1.29 is 42.7 Å². The van der Waals surface area contributed by atoms with Crippen molar-refractivity contribution in [3.8, 4) is 0 Å². The fourth-order valence-electron chi connectivity index (χ4n) is 6.32. The first kappa shape index (κ1) is 55.2. The van der Waals surface area contributed by atoms with Crippen LogP contribution in [0.4, 0.5) is 0 Å². The third-order valence-corrected chi connectivity index (χ3v) is 10.9. The standard InChI is InChI=1S/C46H86NO9P/c1-3-5-7-9-11-13-15-17-18-19-20-21-22-23-24-25-27-29-31-33-35-37-39-53-40-43(41-54-57(51,52)55-42-44(47)46(49)50)56-45(48)38-36-34-32-30-28-26-16-14-12-10-8-6-4-2/h15,17,19-20,22-23,43-44H,3-14,16,18,21,24-42,47H2,1-2H3,(H,49,50)(H,51,52)/b17-15-,20-19-,23-22-. The van der Waals surface area contributed by atoms with E-state index >= 15 is 0 Å². The lowest BCUT2D eigenvalue weighted by Crippen LogP contribution is -2.34. The van der Waals surface area contributed by atoms with Crippen molar-refractivity contribution in [1.29, 1.82) is 0 Å². The molecule has 4 N–H and O–H groups in total. The second kappa shape index (κ2) is 42.3. The highest BCUT2D eigenvalue weighted by molar-refractivity contribution is 7.47. The number of hydrogen-bond acceptors (Lipinski definition) is 8. The van der Waals surface area contributed by atoms with E-state index in [4.69, 9.17) is 29.4 Å². The minimum atomic E-state index is -4.62. The van der Waals surface area contributed by atoms with E-state index in [1.165, 1.54) is 128 Å². The summed E-state index contributed by atoms with van der Waals surface area (Å²) in [5, 5.41) is 8.90. The van der Waals surface area contributed by atoms with Crippen LogP contribution in [-0.4, -0.2) is 60.5 Å². The average Bonchev–Trinajstić information content (AvgIpc) is 3.19. The molecule has 0 aromatic carbocycles. The van der Waals surface area contributed by atoms with Gasteiger partial charge in [0.2, 0.25) is 0 Å². The number of esters is 1. The van der Waals surface area contributed by atoms with E-state index in [-0.39, 0.29) is 13.0 Å². The monoisotopic (exact) mass is 828 g/mol. The van der Waals surface area contributed by atoms with Crippen molar-refractivity contribution in [2.24, 2.45) is 5.73 Å². The topological polar surface area (TPSA) is 155 Å². The summed E-state index contributed by atoms with van der Waals surface area (Å²) in [6.07, 6.45) is 47.7. The Morgan fingerprint density at radius 3 is 1.44 bits per heavy atom. The molecule has 0 aliphatic heterocycles. The van der Waals surface area contributed by atoms with Gasteiger partial charge in [0.15, 0.2) is 0 Å². The Hall–Kier alpha value is -1.81. The van der Waals surface area contributed by atoms with Gasteiger partial charge in [0.05, 0.1) is 19.8 Å². The third-order valence-electron chi connectivity index (χ3n) is 9.92. The number of carboxylic acids is 1. The molecule has 0 aromatic heterocycles. The van der Waals surface area contributed by atoms with Gasteiger partial charge in [-0.3, -0.25) is 18.6 Å².